The van der Waals surface area contributed by atoms with Crippen LogP contribution in [0.1, 0.15) is 71.6 Å². The van der Waals surface area contributed by atoms with Gasteiger partial charge in [-0.15, -0.1) is 5.10 Å². The maximum absolute atomic E-state index is 13.2. The second-order valence-corrected chi connectivity index (χ2v) is 13.0. The molecule has 0 saturated carbocycles. The summed E-state index contributed by atoms with van der Waals surface area (Å²) in [5, 5.41) is 38.8. The second kappa shape index (κ2) is 12.9. The molecule has 0 aliphatic carbocycles. The van der Waals surface area contributed by atoms with Gasteiger partial charge in [0, 0.05) is 12.6 Å². The third-order valence-electron chi connectivity index (χ3n) is 8.42. The summed E-state index contributed by atoms with van der Waals surface area (Å²) in [6.07, 6.45) is -2.58. The van der Waals surface area contributed by atoms with Crippen LogP contribution in [0.15, 0.2) is 52.3 Å². The highest BCUT2D eigenvalue weighted by atomic mass is 31.2. The molecule has 5 unspecified atom stereocenters. The Morgan fingerprint density at radius 3 is 2.28 bits per heavy atom. The maximum atomic E-state index is 13.2. The van der Waals surface area contributed by atoms with Crippen LogP contribution in [0.25, 0.3) is 11.3 Å². The van der Waals surface area contributed by atoms with Gasteiger partial charge in [-0.3, -0.25) is 23.4 Å². The summed E-state index contributed by atoms with van der Waals surface area (Å²) in [5.74, 6) is 0. The van der Waals surface area contributed by atoms with Crippen molar-refractivity contribution in [1.29, 1.82) is 0 Å². The van der Waals surface area contributed by atoms with Crippen LogP contribution in [0, 0.1) is 0 Å². The summed E-state index contributed by atoms with van der Waals surface area (Å²) >= 11 is 0. The lowest BCUT2D eigenvalue weighted by molar-refractivity contribution is -0.0781. The van der Waals surface area contributed by atoms with Gasteiger partial charge in [-0.2, -0.15) is 0 Å². The van der Waals surface area contributed by atoms with E-state index in [0.717, 1.165) is 10.1 Å². The fourth-order valence-electron chi connectivity index (χ4n) is 5.32. The van der Waals surface area contributed by atoms with E-state index in [1.807, 2.05) is 30.3 Å². The van der Waals surface area contributed by atoms with Crippen molar-refractivity contribution in [3.8, 4) is 11.3 Å². The summed E-state index contributed by atoms with van der Waals surface area (Å²) in [7, 11) is -4.56. The van der Waals surface area contributed by atoms with E-state index < -0.39 is 54.3 Å². The first-order valence-corrected chi connectivity index (χ1v) is 16.0. The third kappa shape index (κ3) is 6.60. The van der Waals surface area contributed by atoms with Crippen LogP contribution in [0.2, 0.25) is 0 Å². The number of aromatic nitrogens is 5. The molecule has 5 N–H and O–H groups in total. The van der Waals surface area contributed by atoms with Gasteiger partial charge in [0.2, 0.25) is 0 Å². The minimum absolute atomic E-state index is 0.00733. The number of aromatic amines is 1. The Morgan fingerprint density at radius 2 is 1.67 bits per heavy atom. The van der Waals surface area contributed by atoms with Crippen LogP contribution >= 0.6 is 7.60 Å². The lowest BCUT2D eigenvalue weighted by Crippen LogP contribution is -2.42. The number of nitrogens with one attached hydrogen (secondary N) is 1. The number of aliphatic hydroxyl groups excluding tert-OH is 2. The van der Waals surface area contributed by atoms with Gasteiger partial charge in [-0.05, 0) is 31.2 Å². The van der Waals surface area contributed by atoms with Crippen molar-refractivity contribution in [2.75, 3.05) is 0 Å². The molecule has 14 nitrogen and oxygen atoms in total. The fraction of sp³-hybridized carbons (Fsp3) is 0.571. The number of ether oxygens (including phenoxy) is 1. The monoisotopic (exact) mass is 621 g/mol. The Kier molecular flexibility index (Phi) is 9.92. The van der Waals surface area contributed by atoms with Crippen molar-refractivity contribution < 1.29 is 34.0 Å². The Morgan fingerprint density at radius 1 is 1.02 bits per heavy atom. The number of aliphatic hydroxyl groups is 3. The van der Waals surface area contributed by atoms with Crippen LogP contribution in [-0.4, -0.2) is 74.0 Å². The van der Waals surface area contributed by atoms with Crippen molar-refractivity contribution in [3.05, 3.63) is 69.1 Å². The van der Waals surface area contributed by atoms with E-state index in [-0.39, 0.29) is 43.4 Å². The molecule has 43 heavy (non-hydrogen) atoms. The summed E-state index contributed by atoms with van der Waals surface area (Å²) in [6.45, 7) is 7.04. The van der Waals surface area contributed by atoms with E-state index in [1.54, 1.807) is 33.9 Å². The number of nitrogens with zero attached hydrogens (tertiary/aromatic N) is 4. The van der Waals surface area contributed by atoms with Crippen molar-refractivity contribution in [1.82, 2.24) is 24.5 Å². The molecule has 0 radical (unpaired) electrons. The van der Waals surface area contributed by atoms with Crippen LogP contribution in [0.5, 0.6) is 0 Å². The Hall–Kier alpha value is -2.97. The minimum atomic E-state index is -4.56. The average Bonchev–Trinajstić information content (AvgIpc) is 3.56. The first-order chi connectivity index (χ1) is 20.3. The van der Waals surface area contributed by atoms with Crippen LogP contribution < -0.4 is 11.2 Å². The highest BCUT2D eigenvalue weighted by molar-refractivity contribution is 7.54. The van der Waals surface area contributed by atoms with Gasteiger partial charge >= 0.3 is 13.3 Å². The van der Waals surface area contributed by atoms with E-state index in [2.05, 4.69) is 15.3 Å². The summed E-state index contributed by atoms with van der Waals surface area (Å²) in [6, 6.07) is 9.49. The molecule has 0 spiro atoms. The molecule has 1 fully saturated rings. The second-order valence-electron chi connectivity index (χ2n) is 10.9. The molecule has 15 heteroatoms. The lowest BCUT2D eigenvalue weighted by Gasteiger charge is -2.40. The molecule has 0 amide bonds. The SMILES string of the molecule is CCC(CC)(CC1OC(n2cc(-c3cn(Cc4ccccc4)nn3)c(=O)[nH]c2=O)C(O)C1O)OP(=O)(O)C(O)(CC)CC. The normalized spacial score (nSPS) is 22.5. The van der Waals surface area contributed by atoms with E-state index >= 15 is 0 Å². The van der Waals surface area contributed by atoms with E-state index in [9.17, 15) is 34.4 Å². The van der Waals surface area contributed by atoms with Gasteiger partial charge in [0.05, 0.1) is 30.0 Å². The maximum Gasteiger partial charge on any atom is 0.359 e. The molecule has 1 saturated heterocycles. The molecule has 236 valence electrons. The summed E-state index contributed by atoms with van der Waals surface area (Å²) in [4.78, 5) is 38.6. The Bertz CT molecular complexity index is 1550. The fourth-order valence-corrected chi connectivity index (χ4v) is 7.15. The minimum Gasteiger partial charge on any atom is -0.388 e. The van der Waals surface area contributed by atoms with Crippen LogP contribution in [-0.2, 0) is 20.4 Å². The number of rotatable bonds is 13. The molecule has 1 aliphatic rings. The molecule has 2 aromatic heterocycles. The van der Waals surface area contributed by atoms with Crippen LogP contribution in [0.4, 0.5) is 0 Å². The van der Waals surface area contributed by atoms with Gasteiger partial charge < -0.3 is 24.9 Å². The molecule has 1 aliphatic heterocycles. The zero-order valence-electron chi connectivity index (χ0n) is 24.7. The lowest BCUT2D eigenvalue weighted by atomic mass is 9.88. The van der Waals surface area contributed by atoms with Gasteiger partial charge in [-0.1, -0.05) is 63.2 Å². The number of hydrogen-bond donors (Lipinski definition) is 5. The third-order valence-corrected chi connectivity index (χ3v) is 10.7. The first kappa shape index (κ1) is 32.9. The average molecular weight is 622 g/mol. The topological polar surface area (TPSA) is 202 Å². The van der Waals surface area contributed by atoms with Gasteiger partial charge in [0.1, 0.15) is 17.9 Å². The smallest absolute Gasteiger partial charge is 0.359 e. The predicted molar refractivity (Wildman–Crippen MR) is 156 cm³/mol. The summed E-state index contributed by atoms with van der Waals surface area (Å²) in [5.41, 5.74) is -1.77. The molecule has 3 aromatic rings. The molecular weight excluding hydrogens is 581 g/mol. The Balaban J connectivity index is 1.60. The highest BCUT2D eigenvalue weighted by Crippen LogP contribution is 2.61. The predicted octanol–water partition coefficient (Wildman–Crippen LogP) is 2.12. The standard InChI is InChI=1S/C28H40N5O9P/c1-5-27(6-2,42-43(39,40)28(38,7-3)8-4)14-21-22(34)23(35)25(41-21)33-16-19(24(36)29-26(33)37)20-17-32(31-30-20)15-18-12-10-9-11-13-18/h9-13,16-17,21-23,25,34-35,38H,5-8,14-15H2,1-4H3,(H,39,40)(H,29,36,37). The molecular formula is C28H40N5O9P. The van der Waals surface area contributed by atoms with Crippen molar-refractivity contribution >= 4 is 7.60 Å². The van der Waals surface area contributed by atoms with Gasteiger partial charge in [0.15, 0.2) is 11.6 Å². The first-order valence-electron chi connectivity index (χ1n) is 14.4. The zero-order chi connectivity index (χ0) is 31.6. The van der Waals surface area contributed by atoms with Gasteiger partial charge in [0.25, 0.3) is 5.56 Å². The van der Waals surface area contributed by atoms with E-state index in [4.69, 9.17) is 9.26 Å². The van der Waals surface area contributed by atoms with Crippen molar-refractivity contribution in [2.45, 2.75) is 102 Å². The van der Waals surface area contributed by atoms with Crippen LogP contribution in [0.3, 0.4) is 0 Å². The van der Waals surface area contributed by atoms with Crippen molar-refractivity contribution in [3.63, 3.8) is 0 Å². The molecule has 5 atom stereocenters. The van der Waals surface area contributed by atoms with E-state index in [1.165, 1.54) is 10.9 Å². The summed E-state index contributed by atoms with van der Waals surface area (Å²) < 4.78 is 27.5. The largest absolute Gasteiger partial charge is 0.388 e. The molecule has 1 aromatic carbocycles. The van der Waals surface area contributed by atoms with E-state index in [0.29, 0.717) is 6.54 Å². The molecule has 0 bridgehead atoms. The number of benzene rings is 1. The Labute approximate surface area is 248 Å². The quantitative estimate of drug-likeness (QED) is 0.175. The zero-order valence-corrected chi connectivity index (χ0v) is 25.6. The number of hydrogen-bond acceptors (Lipinski definition) is 10. The van der Waals surface area contributed by atoms with Gasteiger partial charge in [-0.25, -0.2) is 9.48 Å². The molecule has 4 rings (SSSR count). The number of H-pyrrole nitrogens is 1. The molecule has 3 heterocycles. The highest BCUT2D eigenvalue weighted by Gasteiger charge is 2.52. The van der Waals surface area contributed by atoms with Crippen molar-refractivity contribution in [2.24, 2.45) is 0 Å².